The Balaban J connectivity index is 2.01. The predicted octanol–water partition coefficient (Wildman–Crippen LogP) is 3.04. The molecule has 126 valence electrons. The number of nitrogens with one attached hydrogen (secondary N) is 1. The van der Waals surface area contributed by atoms with Crippen LogP contribution < -0.4 is 5.32 Å². The first kappa shape index (κ1) is 17.7. The molecule has 23 heavy (non-hydrogen) atoms. The van der Waals surface area contributed by atoms with Gasteiger partial charge in [0.15, 0.2) is 0 Å². The lowest BCUT2D eigenvalue weighted by Crippen LogP contribution is -2.36. The van der Waals surface area contributed by atoms with Crippen LogP contribution in [-0.4, -0.2) is 27.5 Å². The van der Waals surface area contributed by atoms with Gasteiger partial charge < -0.3 is 10.4 Å². The SMILES string of the molecule is Cc1nn(Cc2ccccc2)c(C)c1CNCC(O)C(C)(C)C. The number of aliphatic hydroxyl groups excluding tert-OH is 1. The minimum atomic E-state index is -0.359. The molecule has 4 heteroatoms. The van der Waals surface area contributed by atoms with Gasteiger partial charge in [-0.3, -0.25) is 4.68 Å². The zero-order valence-electron chi connectivity index (χ0n) is 14.9. The number of aliphatic hydroxyl groups is 1. The van der Waals surface area contributed by atoms with Crippen molar-refractivity contribution in [1.29, 1.82) is 0 Å². The summed E-state index contributed by atoms with van der Waals surface area (Å²) in [5.74, 6) is 0. The van der Waals surface area contributed by atoms with Crippen LogP contribution in [0, 0.1) is 19.3 Å². The number of rotatable bonds is 6. The van der Waals surface area contributed by atoms with E-state index in [1.165, 1.54) is 16.8 Å². The molecule has 1 aromatic carbocycles. The molecular weight excluding hydrogens is 286 g/mol. The molecule has 0 amide bonds. The van der Waals surface area contributed by atoms with Gasteiger partial charge in [0.1, 0.15) is 0 Å². The van der Waals surface area contributed by atoms with Gasteiger partial charge in [-0.1, -0.05) is 51.1 Å². The van der Waals surface area contributed by atoms with Crippen molar-refractivity contribution in [1.82, 2.24) is 15.1 Å². The first-order valence-electron chi connectivity index (χ1n) is 8.24. The molecule has 1 unspecified atom stereocenters. The maximum absolute atomic E-state index is 10.1. The average Bonchev–Trinajstić information content (AvgIpc) is 2.74. The van der Waals surface area contributed by atoms with Crippen molar-refractivity contribution < 1.29 is 5.11 Å². The van der Waals surface area contributed by atoms with E-state index in [1.54, 1.807) is 0 Å². The number of aromatic nitrogens is 2. The first-order chi connectivity index (χ1) is 10.8. The van der Waals surface area contributed by atoms with E-state index in [4.69, 9.17) is 0 Å². The van der Waals surface area contributed by atoms with E-state index in [0.29, 0.717) is 6.54 Å². The predicted molar refractivity (Wildman–Crippen MR) is 94.4 cm³/mol. The molecular formula is C19H29N3O. The topological polar surface area (TPSA) is 50.1 Å². The highest BCUT2D eigenvalue weighted by Gasteiger charge is 2.21. The van der Waals surface area contributed by atoms with Crippen LogP contribution in [0.4, 0.5) is 0 Å². The van der Waals surface area contributed by atoms with E-state index in [0.717, 1.165) is 18.8 Å². The van der Waals surface area contributed by atoms with E-state index in [2.05, 4.69) is 46.3 Å². The van der Waals surface area contributed by atoms with E-state index in [-0.39, 0.29) is 11.5 Å². The maximum Gasteiger partial charge on any atom is 0.0712 e. The lowest BCUT2D eigenvalue weighted by Gasteiger charge is -2.26. The molecule has 2 rings (SSSR count). The van der Waals surface area contributed by atoms with Crippen molar-refractivity contribution in [3.63, 3.8) is 0 Å². The third kappa shape index (κ3) is 4.66. The summed E-state index contributed by atoms with van der Waals surface area (Å²) in [4.78, 5) is 0. The number of hydrogen-bond donors (Lipinski definition) is 2. The van der Waals surface area contributed by atoms with Gasteiger partial charge in [0.2, 0.25) is 0 Å². The highest BCUT2D eigenvalue weighted by molar-refractivity contribution is 5.26. The summed E-state index contributed by atoms with van der Waals surface area (Å²) >= 11 is 0. The summed E-state index contributed by atoms with van der Waals surface area (Å²) in [6.45, 7) is 12.4. The molecule has 0 bridgehead atoms. The molecule has 0 aliphatic rings. The Labute approximate surface area is 139 Å². The molecule has 2 aromatic rings. The van der Waals surface area contributed by atoms with Crippen molar-refractivity contribution in [3.8, 4) is 0 Å². The smallest absolute Gasteiger partial charge is 0.0712 e. The summed E-state index contributed by atoms with van der Waals surface area (Å²) in [6.07, 6.45) is -0.359. The van der Waals surface area contributed by atoms with Gasteiger partial charge in [-0.15, -0.1) is 0 Å². The second kappa shape index (κ2) is 7.28. The molecule has 0 saturated heterocycles. The fraction of sp³-hybridized carbons (Fsp3) is 0.526. The van der Waals surface area contributed by atoms with E-state index >= 15 is 0 Å². The molecule has 0 aliphatic heterocycles. The minimum Gasteiger partial charge on any atom is -0.391 e. The van der Waals surface area contributed by atoms with Crippen LogP contribution >= 0.6 is 0 Å². The second-order valence-corrected chi connectivity index (χ2v) is 7.31. The molecule has 2 N–H and O–H groups in total. The summed E-state index contributed by atoms with van der Waals surface area (Å²) in [6, 6.07) is 10.4. The zero-order valence-corrected chi connectivity index (χ0v) is 14.9. The standard InChI is InChI=1S/C19H29N3O/c1-14-17(11-20-12-18(23)19(3,4)5)15(2)22(21-14)13-16-9-7-6-8-10-16/h6-10,18,20,23H,11-13H2,1-5H3. The monoisotopic (exact) mass is 315 g/mol. The highest BCUT2D eigenvalue weighted by atomic mass is 16.3. The number of aryl methyl sites for hydroxylation is 1. The Morgan fingerprint density at radius 3 is 2.43 bits per heavy atom. The van der Waals surface area contributed by atoms with Crippen molar-refractivity contribution in [2.75, 3.05) is 6.54 Å². The van der Waals surface area contributed by atoms with Crippen LogP contribution in [0.25, 0.3) is 0 Å². The largest absolute Gasteiger partial charge is 0.391 e. The van der Waals surface area contributed by atoms with Gasteiger partial charge in [0.25, 0.3) is 0 Å². The molecule has 0 radical (unpaired) electrons. The third-order valence-electron chi connectivity index (χ3n) is 4.35. The first-order valence-corrected chi connectivity index (χ1v) is 8.24. The van der Waals surface area contributed by atoms with E-state index in [9.17, 15) is 5.11 Å². The molecule has 0 saturated carbocycles. The third-order valence-corrected chi connectivity index (χ3v) is 4.35. The fourth-order valence-electron chi connectivity index (χ4n) is 2.54. The Hall–Kier alpha value is -1.65. The zero-order chi connectivity index (χ0) is 17.0. The number of benzene rings is 1. The molecule has 0 fully saturated rings. The van der Waals surface area contributed by atoms with Gasteiger partial charge in [-0.05, 0) is 24.8 Å². The van der Waals surface area contributed by atoms with Crippen LogP contribution in [0.3, 0.4) is 0 Å². The summed E-state index contributed by atoms with van der Waals surface area (Å²) in [5, 5.41) is 18.1. The second-order valence-electron chi connectivity index (χ2n) is 7.31. The fourth-order valence-corrected chi connectivity index (χ4v) is 2.54. The lowest BCUT2D eigenvalue weighted by atomic mass is 9.89. The quantitative estimate of drug-likeness (QED) is 0.861. The normalized spacial score (nSPS) is 13.3. The van der Waals surface area contributed by atoms with Crippen LogP contribution in [-0.2, 0) is 13.1 Å². The molecule has 1 aromatic heterocycles. The van der Waals surface area contributed by atoms with Gasteiger partial charge in [-0.2, -0.15) is 5.10 Å². The van der Waals surface area contributed by atoms with E-state index in [1.807, 2.05) is 33.8 Å². The molecule has 4 nitrogen and oxygen atoms in total. The highest BCUT2D eigenvalue weighted by Crippen LogP contribution is 2.19. The molecule has 0 spiro atoms. The van der Waals surface area contributed by atoms with Gasteiger partial charge in [-0.25, -0.2) is 0 Å². The van der Waals surface area contributed by atoms with Crippen molar-refractivity contribution >= 4 is 0 Å². The lowest BCUT2D eigenvalue weighted by molar-refractivity contribution is 0.0627. The van der Waals surface area contributed by atoms with Crippen LogP contribution in [0.5, 0.6) is 0 Å². The molecule has 1 heterocycles. The van der Waals surface area contributed by atoms with Crippen LogP contribution in [0.2, 0.25) is 0 Å². The molecule has 1 atom stereocenters. The molecule has 0 aliphatic carbocycles. The average molecular weight is 315 g/mol. The summed E-state index contributed by atoms with van der Waals surface area (Å²) in [7, 11) is 0. The maximum atomic E-state index is 10.1. The Morgan fingerprint density at radius 1 is 1.17 bits per heavy atom. The minimum absolute atomic E-state index is 0.103. The van der Waals surface area contributed by atoms with Crippen molar-refractivity contribution in [2.24, 2.45) is 5.41 Å². The Kier molecular flexibility index (Phi) is 5.60. The Bertz CT molecular complexity index is 626. The number of hydrogen-bond acceptors (Lipinski definition) is 3. The van der Waals surface area contributed by atoms with Gasteiger partial charge in [0.05, 0.1) is 18.3 Å². The van der Waals surface area contributed by atoms with Crippen molar-refractivity contribution in [3.05, 3.63) is 52.8 Å². The van der Waals surface area contributed by atoms with Crippen LogP contribution in [0.1, 0.15) is 43.3 Å². The summed E-state index contributed by atoms with van der Waals surface area (Å²) < 4.78 is 2.06. The Morgan fingerprint density at radius 2 is 1.83 bits per heavy atom. The van der Waals surface area contributed by atoms with E-state index < -0.39 is 0 Å². The van der Waals surface area contributed by atoms with Crippen LogP contribution in [0.15, 0.2) is 30.3 Å². The van der Waals surface area contributed by atoms with Gasteiger partial charge in [0, 0.05) is 24.3 Å². The van der Waals surface area contributed by atoms with Gasteiger partial charge >= 0.3 is 0 Å². The van der Waals surface area contributed by atoms with Crippen molar-refractivity contribution in [2.45, 2.75) is 53.8 Å². The summed E-state index contributed by atoms with van der Waals surface area (Å²) in [5.41, 5.74) is 4.61. The number of nitrogens with zero attached hydrogens (tertiary/aromatic N) is 2.